The average Bonchev–Trinajstić information content (AvgIpc) is 3.48. The first-order valence-electron chi connectivity index (χ1n) is 24.5. The van der Waals surface area contributed by atoms with Crippen LogP contribution in [-0.4, -0.2) is 118 Å². The summed E-state index contributed by atoms with van der Waals surface area (Å²) in [5.74, 6) is -6.29. The van der Waals surface area contributed by atoms with E-state index < -0.39 is 76.9 Å². The molecule has 3 atom stereocenters. The second-order valence-corrected chi connectivity index (χ2v) is 18.6. The summed E-state index contributed by atoms with van der Waals surface area (Å²) in [5.41, 5.74) is 1.15. The molecular weight excluding hydrogens is 1010 g/mol. The van der Waals surface area contributed by atoms with Crippen LogP contribution in [0.15, 0.2) is 114 Å². The van der Waals surface area contributed by atoms with Crippen LogP contribution < -0.4 is 20.7 Å². The van der Waals surface area contributed by atoms with Crippen LogP contribution in [-0.2, 0) is 34.0 Å². The maximum absolute atomic E-state index is 14.4. The number of hydrogen-bond acceptors (Lipinski definition) is 13. The second-order valence-electron chi connectivity index (χ2n) is 18.6. The van der Waals surface area contributed by atoms with E-state index in [0.29, 0.717) is 17.9 Å². The number of esters is 2. The molecule has 1 aliphatic carbocycles. The Bertz CT molecular complexity index is 2980. The van der Waals surface area contributed by atoms with Crippen LogP contribution in [0.2, 0.25) is 0 Å². The van der Waals surface area contributed by atoms with E-state index >= 15 is 0 Å². The molecule has 0 radical (unpaired) electrons. The van der Waals surface area contributed by atoms with Gasteiger partial charge in [-0.15, -0.1) is 0 Å². The van der Waals surface area contributed by atoms with Crippen LogP contribution in [0.1, 0.15) is 72.9 Å². The fraction of sp³-hybridized carbons (Fsp3) is 0.364. The van der Waals surface area contributed by atoms with E-state index in [1.54, 1.807) is 12.1 Å². The topological polar surface area (TPSA) is 218 Å². The summed E-state index contributed by atoms with van der Waals surface area (Å²) in [6.45, 7) is 2.83. The van der Waals surface area contributed by atoms with E-state index in [-0.39, 0.29) is 64.7 Å². The summed E-state index contributed by atoms with van der Waals surface area (Å²) in [7, 11) is 4.94. The molecule has 1 unspecified atom stereocenters. The van der Waals surface area contributed by atoms with Gasteiger partial charge in [-0.2, -0.15) is 5.26 Å². The van der Waals surface area contributed by atoms with Crippen molar-refractivity contribution >= 4 is 36.1 Å². The van der Waals surface area contributed by atoms with Gasteiger partial charge in [0.15, 0.2) is 23.3 Å². The molecule has 0 spiro atoms. The zero-order valence-electron chi connectivity index (χ0n) is 42.8. The number of ether oxygens (including phenoxy) is 5. The molecule has 7 amide bonds. The maximum atomic E-state index is 14.4. The van der Waals surface area contributed by atoms with Crippen molar-refractivity contribution in [3.8, 4) is 11.8 Å². The van der Waals surface area contributed by atoms with E-state index in [1.165, 1.54) is 32.4 Å². The lowest BCUT2D eigenvalue weighted by atomic mass is 9.69. The molecule has 3 heterocycles. The predicted octanol–water partition coefficient (Wildman–Crippen LogP) is 8.29. The number of nitrogens with one attached hydrogen (secondary N) is 3. The van der Waals surface area contributed by atoms with Gasteiger partial charge in [-0.05, 0) is 105 Å². The summed E-state index contributed by atoms with van der Waals surface area (Å²) >= 11 is 0. The van der Waals surface area contributed by atoms with Crippen LogP contribution in [0.5, 0.6) is 5.75 Å². The highest BCUT2D eigenvalue weighted by Gasteiger charge is 2.46. The zero-order valence-corrected chi connectivity index (χ0v) is 42.8. The molecule has 77 heavy (non-hydrogen) atoms. The summed E-state index contributed by atoms with van der Waals surface area (Å²) in [4.78, 5) is 82.4. The van der Waals surface area contributed by atoms with Crippen molar-refractivity contribution in [1.82, 2.24) is 30.7 Å². The van der Waals surface area contributed by atoms with Gasteiger partial charge in [0, 0.05) is 32.8 Å². The average molecular weight is 1070 g/mol. The maximum Gasteiger partial charge on any atom is 0.424 e. The summed E-state index contributed by atoms with van der Waals surface area (Å²) < 4.78 is 81.1. The molecule has 2 fully saturated rings. The number of benzene rings is 4. The number of urea groups is 3. The molecule has 406 valence electrons. The van der Waals surface area contributed by atoms with Crippen molar-refractivity contribution in [2.24, 2.45) is 0 Å². The lowest BCUT2D eigenvalue weighted by Crippen LogP contribution is -2.59. The Morgan fingerprint density at radius 2 is 1.22 bits per heavy atom. The summed E-state index contributed by atoms with van der Waals surface area (Å²) in [6.07, 6.45) is 3.49. The van der Waals surface area contributed by atoms with Crippen LogP contribution >= 0.6 is 0 Å². The van der Waals surface area contributed by atoms with Crippen LogP contribution in [0.25, 0.3) is 0 Å². The largest absolute Gasteiger partial charge is 0.466 e. The van der Waals surface area contributed by atoms with Crippen molar-refractivity contribution in [2.45, 2.75) is 75.0 Å². The van der Waals surface area contributed by atoms with E-state index in [0.717, 1.165) is 99.2 Å². The Kier molecular flexibility index (Phi) is 18.5. The van der Waals surface area contributed by atoms with Crippen molar-refractivity contribution in [3.05, 3.63) is 159 Å². The molecule has 0 bridgehead atoms. The third-order valence-electron chi connectivity index (χ3n) is 13.9. The van der Waals surface area contributed by atoms with Crippen molar-refractivity contribution in [2.75, 3.05) is 54.7 Å². The number of carbonyl (C=O) groups is 6. The highest BCUT2D eigenvalue weighted by molar-refractivity contribution is 6.02. The molecule has 1 saturated carbocycles. The third kappa shape index (κ3) is 12.6. The fourth-order valence-corrected chi connectivity index (χ4v) is 10.1. The van der Waals surface area contributed by atoms with E-state index in [4.69, 9.17) is 23.7 Å². The SMILES string of the molecule is COCC1=C(C(=O)OC)[C@H](c2ccc(F)c(F)c2)N(C(=O)NC2CCCN(C3CCC(C#N)(c4ccccc4)CC3)C2)C(=O)N1.COCC1=C(C(=O)OC)[C@H](c2ccc(F)c(F)c2)N(C(=O)Oc2ccc(C)cc2)C(=O)N1. The van der Waals surface area contributed by atoms with Gasteiger partial charge in [-0.25, -0.2) is 56.1 Å². The van der Waals surface area contributed by atoms with Gasteiger partial charge in [-0.1, -0.05) is 60.2 Å². The minimum atomic E-state index is -1.46. The van der Waals surface area contributed by atoms with Gasteiger partial charge in [0.25, 0.3) is 0 Å². The van der Waals surface area contributed by atoms with Gasteiger partial charge in [0.2, 0.25) is 0 Å². The number of nitrogens with zero attached hydrogens (tertiary/aromatic N) is 4. The van der Waals surface area contributed by atoms with Crippen LogP contribution in [0, 0.1) is 41.5 Å². The number of halogens is 4. The Labute approximate surface area is 441 Å². The zero-order chi connectivity index (χ0) is 55.6. The first kappa shape index (κ1) is 56.6. The van der Waals surface area contributed by atoms with E-state index in [2.05, 4.69) is 26.9 Å². The van der Waals surface area contributed by atoms with Gasteiger partial charge in [-0.3, -0.25) is 4.90 Å². The molecule has 0 aromatic heterocycles. The Hall–Kier alpha value is -8.13. The summed E-state index contributed by atoms with van der Waals surface area (Å²) in [5, 5.41) is 18.0. The number of nitriles is 1. The predicted molar refractivity (Wildman–Crippen MR) is 267 cm³/mol. The highest BCUT2D eigenvalue weighted by atomic mass is 19.2. The quantitative estimate of drug-likeness (QED) is 0.0900. The molecule has 3 N–H and O–H groups in total. The molecule has 4 aliphatic rings. The van der Waals surface area contributed by atoms with Crippen LogP contribution in [0.3, 0.4) is 0 Å². The molecule has 3 aliphatic heterocycles. The summed E-state index contributed by atoms with van der Waals surface area (Å²) in [6, 6.07) is 19.1. The van der Waals surface area contributed by atoms with Gasteiger partial charge >= 0.3 is 36.1 Å². The molecular formula is C55H57F4N7O11. The van der Waals surface area contributed by atoms with Crippen molar-refractivity contribution in [1.29, 1.82) is 5.26 Å². The molecule has 22 heteroatoms. The molecule has 8 rings (SSSR count). The Morgan fingerprint density at radius 3 is 1.71 bits per heavy atom. The monoisotopic (exact) mass is 1070 g/mol. The standard InChI is InChI=1S/C33H37F2N5O5.C22H20F2N2O6/c1-44-19-27-28(30(41)45-2)29(21-10-11-25(34)26(35)17-21)40(32(43)38-27)31(42)37-23-9-6-16-39(18-23)24-12-14-33(20-36,15-13-24)22-7-4-3-5-8-22;1-12-4-7-14(8-5-12)32-22(29)26-19(13-6-9-15(23)16(24)10-13)18(20(27)31-3)17(11-30-2)25-21(26)28/h3-5,7-8,10-11,17,23-24,29H,6,9,12-16,18-19H2,1-2H3,(H,37,42)(H,38,43);4-10,19H,11H2,1-3H3,(H,25,28)/t23?,24?,29-,33?;19-/m00/s1. The number of amides is 7. The van der Waals surface area contributed by atoms with Crippen LogP contribution in [0.4, 0.5) is 36.7 Å². The Morgan fingerprint density at radius 1 is 0.701 bits per heavy atom. The number of methoxy groups -OCH3 is 4. The molecule has 4 aromatic rings. The minimum Gasteiger partial charge on any atom is -0.466 e. The number of aryl methyl sites for hydroxylation is 1. The highest BCUT2D eigenvalue weighted by Crippen LogP contribution is 2.42. The number of piperidine rings is 1. The van der Waals surface area contributed by atoms with Gasteiger partial charge in [0.05, 0.1) is 61.5 Å². The number of imide groups is 2. The van der Waals surface area contributed by atoms with E-state index in [1.807, 2.05) is 37.3 Å². The lowest BCUT2D eigenvalue weighted by Gasteiger charge is -2.44. The number of carbonyl (C=O) groups excluding carboxylic acids is 6. The third-order valence-corrected chi connectivity index (χ3v) is 13.9. The number of rotatable bonds is 12. The smallest absolute Gasteiger partial charge is 0.424 e. The molecule has 4 aromatic carbocycles. The lowest BCUT2D eigenvalue weighted by molar-refractivity contribution is -0.137. The Balaban J connectivity index is 0.000000237. The van der Waals surface area contributed by atoms with Crippen molar-refractivity contribution in [3.63, 3.8) is 0 Å². The van der Waals surface area contributed by atoms with Gasteiger partial charge in [0.1, 0.15) is 17.8 Å². The first-order valence-corrected chi connectivity index (χ1v) is 24.5. The number of hydrogen-bond donors (Lipinski definition) is 3. The normalized spacial score (nSPS) is 21.7. The second kappa shape index (κ2) is 25.1. The van der Waals surface area contributed by atoms with Gasteiger partial charge < -0.3 is 39.6 Å². The first-order chi connectivity index (χ1) is 37.0. The van der Waals surface area contributed by atoms with E-state index in [9.17, 15) is 51.6 Å². The minimum absolute atomic E-state index is 0.0125. The molecule has 18 nitrogen and oxygen atoms in total. The van der Waals surface area contributed by atoms with Crippen molar-refractivity contribution < 1.29 is 70.0 Å². The fourth-order valence-electron chi connectivity index (χ4n) is 10.1. The molecule has 1 saturated heterocycles. The number of likely N-dealkylation sites (tertiary alicyclic amines) is 1.